The number of alkyl halides is 3. The van der Waals surface area contributed by atoms with Gasteiger partial charge in [0, 0.05) is 37.9 Å². The molecule has 3 fully saturated rings. The maximum atomic E-state index is 13.9. The summed E-state index contributed by atoms with van der Waals surface area (Å²) >= 11 is 0. The van der Waals surface area contributed by atoms with Crippen LogP contribution in [0.2, 0.25) is 0 Å². The molecule has 0 saturated carbocycles. The summed E-state index contributed by atoms with van der Waals surface area (Å²) in [6.45, 7) is 4.58. The molecule has 3 aliphatic heterocycles. The van der Waals surface area contributed by atoms with Gasteiger partial charge in [0.15, 0.2) is 0 Å². The van der Waals surface area contributed by atoms with E-state index in [2.05, 4.69) is 30.8 Å². The van der Waals surface area contributed by atoms with Gasteiger partial charge in [-0.3, -0.25) is 9.10 Å². The Hall–Kier alpha value is -4.11. The molecule has 1 atom stereocenters. The lowest BCUT2D eigenvalue weighted by molar-refractivity contribution is -0.137. The largest absolute Gasteiger partial charge is 0.495 e. The van der Waals surface area contributed by atoms with Crippen LogP contribution in [0.3, 0.4) is 0 Å². The SMILES string of the molecule is COc1cc(C(=O)NC2CN3CCC2CC3)ccc1Nc1ncc(C(F)(F)F)c(NCc2ccc(C)cc2N(C)S(C)(=O)=O)n1. The molecule has 0 radical (unpaired) electrons. The van der Waals surface area contributed by atoms with Crippen molar-refractivity contribution in [1.82, 2.24) is 20.2 Å². The van der Waals surface area contributed by atoms with Gasteiger partial charge in [0.2, 0.25) is 16.0 Å². The Bertz CT molecular complexity index is 1680. The van der Waals surface area contributed by atoms with Crippen molar-refractivity contribution in [3.63, 3.8) is 0 Å². The standard InChI is InChI=1S/C30H36F3N7O4S/c1-18-5-6-21(25(13-18)39(2)45(4,42)43)15-34-27-22(30(31,32)33)16-35-29(38-27)37-23-8-7-20(14-26(23)44-3)28(41)36-24-17-40-11-9-19(24)10-12-40/h5-8,13-14,16,19,24H,9-12,15,17H2,1-4H3,(H,36,41)(H2,34,35,37,38). The lowest BCUT2D eigenvalue weighted by Gasteiger charge is -2.44. The third-order valence-electron chi connectivity index (χ3n) is 8.30. The Morgan fingerprint density at radius 2 is 1.89 bits per heavy atom. The maximum Gasteiger partial charge on any atom is 0.421 e. The van der Waals surface area contributed by atoms with Crippen molar-refractivity contribution in [3.8, 4) is 5.75 Å². The topological polar surface area (TPSA) is 129 Å². The molecule has 0 aliphatic carbocycles. The van der Waals surface area contributed by atoms with Crippen molar-refractivity contribution in [2.24, 2.45) is 5.92 Å². The van der Waals surface area contributed by atoms with Crippen molar-refractivity contribution in [3.05, 3.63) is 64.8 Å². The highest BCUT2D eigenvalue weighted by Gasteiger charge is 2.36. The van der Waals surface area contributed by atoms with Gasteiger partial charge in [-0.2, -0.15) is 18.2 Å². The van der Waals surface area contributed by atoms with Gasteiger partial charge >= 0.3 is 6.18 Å². The number of fused-ring (bicyclic) bond motifs is 3. The van der Waals surface area contributed by atoms with E-state index in [4.69, 9.17) is 4.74 Å². The summed E-state index contributed by atoms with van der Waals surface area (Å²) in [6, 6.07) is 9.84. The van der Waals surface area contributed by atoms with Gasteiger partial charge in [-0.15, -0.1) is 0 Å². The summed E-state index contributed by atoms with van der Waals surface area (Å²) in [5.41, 5.74) is 1.20. The Labute approximate surface area is 260 Å². The van der Waals surface area contributed by atoms with Crippen molar-refractivity contribution in [2.75, 3.05) is 55.0 Å². The fraction of sp³-hybridized carbons (Fsp3) is 0.433. The van der Waals surface area contributed by atoms with E-state index in [0.717, 1.165) is 48.6 Å². The van der Waals surface area contributed by atoms with Gasteiger partial charge < -0.3 is 25.6 Å². The van der Waals surface area contributed by atoms with Gasteiger partial charge in [-0.25, -0.2) is 13.4 Å². The fourth-order valence-electron chi connectivity index (χ4n) is 5.69. The summed E-state index contributed by atoms with van der Waals surface area (Å²) in [7, 11) is -0.829. The monoisotopic (exact) mass is 647 g/mol. The van der Waals surface area contributed by atoms with Gasteiger partial charge in [-0.05, 0) is 74.2 Å². The Morgan fingerprint density at radius 1 is 1.16 bits per heavy atom. The number of piperidine rings is 3. The summed E-state index contributed by atoms with van der Waals surface area (Å²) in [5.74, 6) is -0.137. The number of halogens is 3. The number of sulfonamides is 1. The zero-order chi connectivity index (χ0) is 32.5. The molecule has 1 aromatic heterocycles. The van der Waals surface area contributed by atoms with Crippen LogP contribution >= 0.6 is 0 Å². The number of carbonyl (C=O) groups is 1. The highest BCUT2D eigenvalue weighted by atomic mass is 32.2. The first kappa shape index (κ1) is 32.3. The average Bonchev–Trinajstić information content (AvgIpc) is 2.99. The summed E-state index contributed by atoms with van der Waals surface area (Å²) < 4.78 is 72.7. The molecule has 0 spiro atoms. The van der Waals surface area contributed by atoms with E-state index in [0.29, 0.717) is 34.6 Å². The van der Waals surface area contributed by atoms with Crippen molar-refractivity contribution >= 4 is 39.1 Å². The number of hydrogen-bond donors (Lipinski definition) is 3. The first-order valence-corrected chi connectivity index (χ1v) is 16.3. The lowest BCUT2D eigenvalue weighted by Crippen LogP contribution is -2.57. The number of rotatable bonds is 10. The van der Waals surface area contributed by atoms with E-state index in [9.17, 15) is 26.4 Å². The highest BCUT2D eigenvalue weighted by molar-refractivity contribution is 7.92. The fourth-order valence-corrected chi connectivity index (χ4v) is 6.22. The molecule has 11 nitrogen and oxygen atoms in total. The predicted molar refractivity (Wildman–Crippen MR) is 165 cm³/mol. The Balaban J connectivity index is 1.36. The molecule has 45 heavy (non-hydrogen) atoms. The van der Waals surface area contributed by atoms with Crippen LogP contribution < -0.4 is 25.0 Å². The molecule has 4 heterocycles. The molecule has 3 saturated heterocycles. The maximum absolute atomic E-state index is 13.9. The minimum Gasteiger partial charge on any atom is -0.495 e. The zero-order valence-corrected chi connectivity index (χ0v) is 26.2. The van der Waals surface area contributed by atoms with Crippen molar-refractivity contribution in [2.45, 2.75) is 38.5 Å². The molecular weight excluding hydrogens is 611 g/mol. The number of carbonyl (C=O) groups excluding carboxylic acids is 1. The number of aryl methyl sites for hydroxylation is 1. The van der Waals surface area contributed by atoms with Crippen LogP contribution in [0, 0.1) is 12.8 Å². The number of ether oxygens (including phenoxy) is 1. The predicted octanol–water partition coefficient (Wildman–Crippen LogP) is 4.39. The smallest absolute Gasteiger partial charge is 0.421 e. The number of aromatic nitrogens is 2. The molecule has 2 bridgehead atoms. The van der Waals surface area contributed by atoms with E-state index >= 15 is 0 Å². The summed E-state index contributed by atoms with van der Waals surface area (Å²) in [4.78, 5) is 23.4. The van der Waals surface area contributed by atoms with Crippen LogP contribution in [-0.4, -0.2) is 75.3 Å². The third kappa shape index (κ3) is 7.41. The second-order valence-corrected chi connectivity index (χ2v) is 13.4. The van der Waals surface area contributed by atoms with Crippen LogP contribution in [0.1, 0.15) is 39.9 Å². The molecule has 2 aromatic carbocycles. The second kappa shape index (κ2) is 12.7. The van der Waals surface area contributed by atoms with E-state index in [1.54, 1.807) is 43.3 Å². The lowest BCUT2D eigenvalue weighted by atomic mass is 9.84. The van der Waals surface area contributed by atoms with Gasteiger partial charge in [-0.1, -0.05) is 12.1 Å². The van der Waals surface area contributed by atoms with Gasteiger partial charge in [0.1, 0.15) is 17.1 Å². The molecule has 15 heteroatoms. The number of nitrogens with one attached hydrogen (secondary N) is 3. The third-order valence-corrected chi connectivity index (χ3v) is 9.49. The van der Waals surface area contributed by atoms with Crippen LogP contribution in [0.25, 0.3) is 0 Å². The number of benzene rings is 2. The zero-order valence-electron chi connectivity index (χ0n) is 25.4. The molecule has 242 valence electrons. The molecule has 1 unspecified atom stereocenters. The first-order valence-electron chi connectivity index (χ1n) is 14.4. The molecule has 3 aromatic rings. The van der Waals surface area contributed by atoms with Crippen LogP contribution in [-0.2, 0) is 22.7 Å². The molecule has 1 amide bonds. The number of anilines is 4. The molecule has 6 rings (SSSR count). The van der Waals surface area contributed by atoms with Crippen LogP contribution in [0.4, 0.5) is 36.3 Å². The minimum absolute atomic E-state index is 0.0815. The van der Waals surface area contributed by atoms with E-state index < -0.39 is 27.6 Å². The Kier molecular flexibility index (Phi) is 9.12. The van der Waals surface area contributed by atoms with Crippen LogP contribution in [0.5, 0.6) is 5.75 Å². The van der Waals surface area contributed by atoms with E-state index in [1.165, 1.54) is 14.2 Å². The number of hydrogen-bond acceptors (Lipinski definition) is 9. The minimum atomic E-state index is -4.76. The quantitative estimate of drug-likeness (QED) is 0.294. The highest BCUT2D eigenvalue weighted by Crippen LogP contribution is 2.36. The molecule has 3 aliphatic rings. The van der Waals surface area contributed by atoms with Gasteiger partial charge in [0.05, 0.1) is 24.7 Å². The van der Waals surface area contributed by atoms with Crippen LogP contribution in [0.15, 0.2) is 42.6 Å². The van der Waals surface area contributed by atoms with Crippen molar-refractivity contribution in [1.29, 1.82) is 0 Å². The number of nitrogens with zero attached hydrogens (tertiary/aromatic N) is 4. The number of methoxy groups -OCH3 is 1. The number of amides is 1. The summed E-state index contributed by atoms with van der Waals surface area (Å²) in [6.07, 6.45) is -0.932. The first-order chi connectivity index (χ1) is 21.2. The molecule has 3 N–H and O–H groups in total. The van der Waals surface area contributed by atoms with Crippen molar-refractivity contribution < 1.29 is 31.1 Å². The van der Waals surface area contributed by atoms with Gasteiger partial charge in [0.25, 0.3) is 5.91 Å². The van der Waals surface area contributed by atoms with E-state index in [1.807, 2.05) is 0 Å². The second-order valence-electron chi connectivity index (χ2n) is 11.4. The normalized spacial score (nSPS) is 19.6. The molecular formula is C30H36F3N7O4S. The summed E-state index contributed by atoms with van der Waals surface area (Å²) in [5, 5.41) is 8.73. The van der Waals surface area contributed by atoms with E-state index in [-0.39, 0.29) is 30.2 Å². The Morgan fingerprint density at radius 3 is 2.51 bits per heavy atom. The average molecular weight is 648 g/mol.